The predicted molar refractivity (Wildman–Crippen MR) is 99.2 cm³/mol. The zero-order valence-corrected chi connectivity index (χ0v) is 16.9. The number of piperidine rings is 1. The summed E-state index contributed by atoms with van der Waals surface area (Å²) >= 11 is 0. The molecule has 5 nitrogen and oxygen atoms in total. The molecular formula is C20H35NO4. The van der Waals surface area contributed by atoms with Gasteiger partial charge >= 0.3 is 11.9 Å². The Morgan fingerprint density at radius 2 is 1.88 bits per heavy atom. The number of likely N-dealkylation sites (tertiary alicyclic amines) is 1. The van der Waals surface area contributed by atoms with Crippen LogP contribution < -0.4 is 0 Å². The zero-order chi connectivity index (χ0) is 19.3. The van der Waals surface area contributed by atoms with E-state index in [4.69, 9.17) is 9.47 Å². The second-order valence-corrected chi connectivity index (χ2v) is 7.52. The SMILES string of the molecule is C/C=C/C(=O)OC1CC(C)(CC)N(CCOC(C)=O)C(C)(CC)C1C. The second-order valence-electron chi connectivity index (χ2n) is 7.52. The van der Waals surface area contributed by atoms with Crippen molar-refractivity contribution in [2.75, 3.05) is 13.2 Å². The van der Waals surface area contributed by atoms with E-state index < -0.39 is 0 Å². The van der Waals surface area contributed by atoms with Gasteiger partial charge in [0.05, 0.1) is 0 Å². The number of allylic oxidation sites excluding steroid dienone is 1. The summed E-state index contributed by atoms with van der Waals surface area (Å²) in [4.78, 5) is 25.6. The highest BCUT2D eigenvalue weighted by Gasteiger charge is 2.53. The van der Waals surface area contributed by atoms with Gasteiger partial charge in [-0.1, -0.05) is 26.8 Å². The standard InChI is InChI=1S/C20H35NO4/c1-8-11-18(23)25-17-14-19(6,9-2)21(12-13-24-16(5)22)20(7,10-3)15(17)4/h8,11,15,17H,9-10,12-14H2,1-7H3/b11-8+. The van der Waals surface area contributed by atoms with Gasteiger partial charge in [-0.2, -0.15) is 0 Å². The van der Waals surface area contributed by atoms with Crippen LogP contribution in [-0.4, -0.2) is 47.2 Å². The van der Waals surface area contributed by atoms with Crippen LogP contribution in [0.2, 0.25) is 0 Å². The number of carbonyl (C=O) groups excluding carboxylic acids is 2. The molecule has 1 heterocycles. The highest BCUT2D eigenvalue weighted by atomic mass is 16.5. The number of hydrogen-bond acceptors (Lipinski definition) is 5. The van der Waals surface area contributed by atoms with Gasteiger partial charge in [0.25, 0.3) is 0 Å². The molecule has 1 fully saturated rings. The van der Waals surface area contributed by atoms with E-state index in [1.807, 2.05) is 6.92 Å². The van der Waals surface area contributed by atoms with Crippen molar-refractivity contribution in [2.45, 2.75) is 84.9 Å². The molecule has 1 rings (SSSR count). The number of carbonyl (C=O) groups is 2. The first-order valence-electron chi connectivity index (χ1n) is 9.39. The molecule has 0 spiro atoms. The number of rotatable bonds is 7. The molecule has 25 heavy (non-hydrogen) atoms. The smallest absolute Gasteiger partial charge is 0.330 e. The van der Waals surface area contributed by atoms with Gasteiger partial charge in [-0.3, -0.25) is 9.69 Å². The van der Waals surface area contributed by atoms with E-state index in [-0.39, 0.29) is 35.0 Å². The normalized spacial score (nSPS) is 33.4. The molecule has 0 aromatic heterocycles. The highest BCUT2D eigenvalue weighted by Crippen LogP contribution is 2.46. The van der Waals surface area contributed by atoms with Crippen LogP contribution in [0.1, 0.15) is 67.7 Å². The first-order chi connectivity index (χ1) is 11.6. The van der Waals surface area contributed by atoms with Crippen molar-refractivity contribution in [3.63, 3.8) is 0 Å². The molecule has 4 unspecified atom stereocenters. The lowest BCUT2D eigenvalue weighted by atomic mass is 9.68. The van der Waals surface area contributed by atoms with Crippen molar-refractivity contribution in [1.82, 2.24) is 4.90 Å². The fourth-order valence-electron chi connectivity index (χ4n) is 4.11. The van der Waals surface area contributed by atoms with Crippen LogP contribution in [0.15, 0.2) is 12.2 Å². The summed E-state index contributed by atoms with van der Waals surface area (Å²) in [7, 11) is 0. The number of hydrogen-bond donors (Lipinski definition) is 0. The maximum Gasteiger partial charge on any atom is 0.330 e. The Hall–Kier alpha value is -1.36. The monoisotopic (exact) mass is 353 g/mol. The van der Waals surface area contributed by atoms with Gasteiger partial charge in [0, 0.05) is 43.0 Å². The van der Waals surface area contributed by atoms with Crippen molar-refractivity contribution in [2.24, 2.45) is 5.92 Å². The first-order valence-corrected chi connectivity index (χ1v) is 9.39. The molecular weight excluding hydrogens is 318 g/mol. The van der Waals surface area contributed by atoms with Gasteiger partial charge in [0.15, 0.2) is 0 Å². The van der Waals surface area contributed by atoms with Crippen molar-refractivity contribution in [3.8, 4) is 0 Å². The fourth-order valence-corrected chi connectivity index (χ4v) is 4.11. The Labute approximate surface area is 152 Å². The van der Waals surface area contributed by atoms with E-state index in [9.17, 15) is 9.59 Å². The quantitative estimate of drug-likeness (QED) is 0.516. The van der Waals surface area contributed by atoms with Crippen LogP contribution in [-0.2, 0) is 19.1 Å². The summed E-state index contributed by atoms with van der Waals surface area (Å²) in [6, 6.07) is 0. The summed E-state index contributed by atoms with van der Waals surface area (Å²) in [5.41, 5.74) is -0.248. The van der Waals surface area contributed by atoms with E-state index in [1.165, 1.54) is 13.0 Å². The summed E-state index contributed by atoms with van der Waals surface area (Å²) in [5, 5.41) is 0. The van der Waals surface area contributed by atoms with Gasteiger partial charge in [0.2, 0.25) is 0 Å². The topological polar surface area (TPSA) is 55.8 Å². The molecule has 0 radical (unpaired) electrons. The van der Waals surface area contributed by atoms with Crippen LogP contribution in [0, 0.1) is 5.92 Å². The van der Waals surface area contributed by atoms with Gasteiger partial charge in [-0.05, 0) is 33.6 Å². The van der Waals surface area contributed by atoms with Gasteiger partial charge in [-0.15, -0.1) is 0 Å². The molecule has 0 aliphatic carbocycles. The molecule has 144 valence electrons. The summed E-state index contributed by atoms with van der Waals surface area (Å²) < 4.78 is 11.0. The number of ether oxygens (including phenoxy) is 2. The van der Waals surface area contributed by atoms with Crippen LogP contribution >= 0.6 is 0 Å². The number of nitrogens with zero attached hydrogens (tertiary/aromatic N) is 1. The molecule has 4 atom stereocenters. The Morgan fingerprint density at radius 3 is 2.36 bits per heavy atom. The Balaban J connectivity index is 3.09. The third-order valence-electron chi connectivity index (χ3n) is 6.12. The molecule has 5 heteroatoms. The Bertz CT molecular complexity index is 504. The van der Waals surface area contributed by atoms with Crippen LogP contribution in [0.25, 0.3) is 0 Å². The summed E-state index contributed by atoms with van der Waals surface area (Å²) in [6.07, 6.45) is 5.72. The lowest BCUT2D eigenvalue weighted by Crippen LogP contribution is -2.68. The van der Waals surface area contributed by atoms with E-state index in [1.54, 1.807) is 6.08 Å². The minimum absolute atomic E-state index is 0.113. The molecule has 1 aliphatic rings. The molecule has 0 N–H and O–H groups in total. The molecule has 0 bridgehead atoms. The van der Waals surface area contributed by atoms with E-state index >= 15 is 0 Å². The third-order valence-corrected chi connectivity index (χ3v) is 6.12. The van der Waals surface area contributed by atoms with Crippen molar-refractivity contribution in [3.05, 3.63) is 12.2 Å². The predicted octanol–water partition coefficient (Wildman–Crippen LogP) is 3.72. The van der Waals surface area contributed by atoms with Crippen LogP contribution in [0.4, 0.5) is 0 Å². The largest absolute Gasteiger partial charge is 0.465 e. The van der Waals surface area contributed by atoms with E-state index in [0.29, 0.717) is 13.2 Å². The molecule has 0 saturated carbocycles. The van der Waals surface area contributed by atoms with Gasteiger partial charge in [-0.25, -0.2) is 4.79 Å². The second kappa shape index (κ2) is 8.84. The Kier molecular flexibility index (Phi) is 7.66. The molecule has 1 saturated heterocycles. The van der Waals surface area contributed by atoms with Crippen molar-refractivity contribution >= 4 is 11.9 Å². The van der Waals surface area contributed by atoms with Crippen LogP contribution in [0.3, 0.4) is 0 Å². The average molecular weight is 354 g/mol. The lowest BCUT2D eigenvalue weighted by molar-refractivity contribution is -0.175. The van der Waals surface area contributed by atoms with Gasteiger partial charge < -0.3 is 9.47 Å². The zero-order valence-electron chi connectivity index (χ0n) is 16.9. The minimum atomic E-state index is -0.274. The minimum Gasteiger partial charge on any atom is -0.465 e. The first kappa shape index (κ1) is 21.7. The molecule has 0 amide bonds. The lowest BCUT2D eigenvalue weighted by Gasteiger charge is -2.60. The highest BCUT2D eigenvalue weighted by molar-refractivity contribution is 5.82. The Morgan fingerprint density at radius 1 is 1.24 bits per heavy atom. The molecule has 0 aromatic carbocycles. The number of esters is 2. The fraction of sp³-hybridized carbons (Fsp3) is 0.800. The summed E-state index contributed by atoms with van der Waals surface area (Å²) in [6.45, 7) is 15.3. The van der Waals surface area contributed by atoms with Crippen molar-refractivity contribution < 1.29 is 19.1 Å². The third kappa shape index (κ3) is 4.84. The van der Waals surface area contributed by atoms with Gasteiger partial charge in [0.1, 0.15) is 12.7 Å². The maximum atomic E-state index is 12.0. The average Bonchev–Trinajstić information content (AvgIpc) is 2.55. The summed E-state index contributed by atoms with van der Waals surface area (Å²) in [5.74, 6) is -0.340. The van der Waals surface area contributed by atoms with Crippen LogP contribution in [0.5, 0.6) is 0 Å². The molecule has 1 aliphatic heterocycles. The van der Waals surface area contributed by atoms with E-state index in [0.717, 1.165) is 19.3 Å². The maximum absolute atomic E-state index is 12.0. The molecule has 0 aromatic rings. The van der Waals surface area contributed by atoms with E-state index in [2.05, 4.69) is 39.5 Å². The van der Waals surface area contributed by atoms with Crippen molar-refractivity contribution in [1.29, 1.82) is 0 Å².